The number of nitrogens with zero attached hydrogens (tertiary/aromatic N) is 4. The topological polar surface area (TPSA) is 74.5 Å². The van der Waals surface area contributed by atoms with Gasteiger partial charge in [0.05, 0.1) is 18.3 Å². The van der Waals surface area contributed by atoms with Crippen LogP contribution in [0.15, 0.2) is 47.3 Å². The monoisotopic (exact) mass is 442 g/mol. The van der Waals surface area contributed by atoms with Crippen LogP contribution in [-0.2, 0) is 10.3 Å². The first-order valence-corrected chi connectivity index (χ1v) is 9.05. The molecule has 0 spiro atoms. The number of epoxide rings is 1. The summed E-state index contributed by atoms with van der Waals surface area (Å²) in [6.07, 6.45) is -4.47. The molecule has 2 heterocycles. The summed E-state index contributed by atoms with van der Waals surface area (Å²) in [5, 5.41) is 7.60. The Kier molecular flexibility index (Phi) is 5.04. The van der Waals surface area contributed by atoms with Crippen LogP contribution in [0.2, 0.25) is 0 Å². The Morgan fingerprint density at radius 1 is 1.16 bits per heavy atom. The van der Waals surface area contributed by atoms with Gasteiger partial charge in [-0.15, -0.1) is 0 Å². The fourth-order valence-corrected chi connectivity index (χ4v) is 3.24. The molecule has 0 aliphatic carbocycles. The Bertz CT molecular complexity index is 1150. The highest BCUT2D eigenvalue weighted by atomic mass is 19.4. The first-order valence-electron chi connectivity index (χ1n) is 9.05. The van der Waals surface area contributed by atoms with Gasteiger partial charge < -0.3 is 9.47 Å². The molecule has 1 aromatic heterocycles. The minimum Gasteiger partial charge on any atom is -0.484 e. The molecular weight excluding hydrogens is 427 g/mol. The average molecular weight is 442 g/mol. The van der Waals surface area contributed by atoms with E-state index in [1.165, 1.54) is 30.3 Å². The zero-order chi connectivity index (χ0) is 22.4. The lowest BCUT2D eigenvalue weighted by molar-refractivity contribution is -0.153. The summed E-state index contributed by atoms with van der Waals surface area (Å²) in [7, 11) is 0. The van der Waals surface area contributed by atoms with Crippen LogP contribution >= 0.6 is 0 Å². The molecule has 0 amide bonds. The number of ether oxygens (including phenoxy) is 2. The maximum absolute atomic E-state index is 14.3. The fraction of sp³-hybridized carbons (Fsp3) is 0.316. The molecule has 2 atom stereocenters. The van der Waals surface area contributed by atoms with E-state index in [2.05, 4.69) is 15.2 Å². The lowest BCUT2D eigenvalue weighted by Gasteiger charge is -2.20. The zero-order valence-electron chi connectivity index (χ0n) is 15.9. The molecule has 3 aromatic rings. The highest BCUT2D eigenvalue weighted by Crippen LogP contribution is 2.48. The molecule has 164 valence electrons. The van der Waals surface area contributed by atoms with E-state index in [4.69, 9.17) is 4.74 Å². The second-order valence-corrected chi connectivity index (χ2v) is 6.99. The van der Waals surface area contributed by atoms with Gasteiger partial charge in [0.1, 0.15) is 23.0 Å². The Morgan fingerprint density at radius 2 is 1.84 bits per heavy atom. The van der Waals surface area contributed by atoms with Crippen LogP contribution in [0.25, 0.3) is 5.69 Å². The van der Waals surface area contributed by atoms with E-state index < -0.39 is 41.8 Å². The van der Waals surface area contributed by atoms with Crippen molar-refractivity contribution >= 4 is 0 Å². The largest absolute Gasteiger partial charge is 0.484 e. The van der Waals surface area contributed by atoms with Crippen molar-refractivity contribution < 1.29 is 31.4 Å². The molecule has 12 heteroatoms. The van der Waals surface area contributed by atoms with Gasteiger partial charge in [-0.1, -0.05) is 6.07 Å². The molecule has 0 N–H and O–H groups in total. The molecule has 4 rings (SSSR count). The van der Waals surface area contributed by atoms with Crippen molar-refractivity contribution in [2.24, 2.45) is 0 Å². The molecule has 1 aliphatic rings. The third kappa shape index (κ3) is 4.02. The highest BCUT2D eigenvalue weighted by Gasteiger charge is 2.54. The molecule has 31 heavy (non-hydrogen) atoms. The maximum Gasteiger partial charge on any atom is 0.422 e. The van der Waals surface area contributed by atoms with Gasteiger partial charge in [-0.25, -0.2) is 13.6 Å². The first-order chi connectivity index (χ1) is 14.6. The van der Waals surface area contributed by atoms with Crippen LogP contribution in [0.4, 0.5) is 22.0 Å². The standard InChI is InChI=1S/C19H15F5N4O3/c1-11(18(9-31-18)15-7-2-12(20)8-16(15)21)27-17(29)28(26-25-27)13-3-5-14(6-4-13)30-10-19(22,23)24/h2-8,11H,9-10H2,1H3/t11-,18+/m1/s1. The number of halogens is 5. The highest BCUT2D eigenvalue weighted by molar-refractivity contribution is 5.36. The van der Waals surface area contributed by atoms with E-state index in [9.17, 15) is 26.7 Å². The molecule has 7 nitrogen and oxygen atoms in total. The van der Waals surface area contributed by atoms with Crippen LogP contribution in [0.3, 0.4) is 0 Å². The minimum atomic E-state index is -4.47. The lowest BCUT2D eigenvalue weighted by Crippen LogP contribution is -2.34. The number of hydrogen-bond donors (Lipinski definition) is 0. The van der Waals surface area contributed by atoms with Crippen molar-refractivity contribution in [3.05, 3.63) is 70.1 Å². The number of rotatable bonds is 6. The predicted octanol–water partition coefficient (Wildman–Crippen LogP) is 3.14. The Balaban J connectivity index is 1.58. The van der Waals surface area contributed by atoms with Gasteiger partial charge in [0, 0.05) is 11.6 Å². The van der Waals surface area contributed by atoms with Crippen LogP contribution in [-0.4, -0.2) is 39.2 Å². The smallest absolute Gasteiger partial charge is 0.422 e. The van der Waals surface area contributed by atoms with Crippen molar-refractivity contribution in [1.29, 1.82) is 0 Å². The van der Waals surface area contributed by atoms with Gasteiger partial charge in [-0.3, -0.25) is 0 Å². The predicted molar refractivity (Wildman–Crippen MR) is 95.9 cm³/mol. The average Bonchev–Trinajstić information content (AvgIpc) is 3.42. The summed E-state index contributed by atoms with van der Waals surface area (Å²) >= 11 is 0. The summed E-state index contributed by atoms with van der Waals surface area (Å²) in [6, 6.07) is 7.51. The second-order valence-electron chi connectivity index (χ2n) is 6.99. The summed E-state index contributed by atoms with van der Waals surface area (Å²) in [4.78, 5) is 12.8. The van der Waals surface area contributed by atoms with Crippen LogP contribution in [0, 0.1) is 11.6 Å². The number of benzene rings is 2. The first kappa shape index (κ1) is 21.0. The lowest BCUT2D eigenvalue weighted by atomic mass is 9.92. The van der Waals surface area contributed by atoms with E-state index >= 15 is 0 Å². The van der Waals surface area contributed by atoms with Gasteiger partial charge in [0.15, 0.2) is 6.61 Å². The molecule has 0 saturated carbocycles. The molecule has 1 fully saturated rings. The summed E-state index contributed by atoms with van der Waals surface area (Å²) in [5.41, 5.74) is -1.54. The number of alkyl halides is 3. The Labute approximate surface area is 171 Å². The van der Waals surface area contributed by atoms with E-state index in [0.717, 1.165) is 21.5 Å². The fourth-order valence-electron chi connectivity index (χ4n) is 3.24. The van der Waals surface area contributed by atoms with Crippen molar-refractivity contribution in [2.75, 3.05) is 13.2 Å². The second kappa shape index (κ2) is 7.45. The third-order valence-corrected chi connectivity index (χ3v) is 4.97. The van der Waals surface area contributed by atoms with Crippen LogP contribution in [0.1, 0.15) is 18.5 Å². The van der Waals surface area contributed by atoms with Gasteiger partial charge in [-0.2, -0.15) is 22.5 Å². The molecule has 1 saturated heterocycles. The Hall–Kier alpha value is -3.28. The maximum atomic E-state index is 14.3. The Morgan fingerprint density at radius 3 is 2.42 bits per heavy atom. The molecule has 0 unspecified atom stereocenters. The zero-order valence-corrected chi connectivity index (χ0v) is 15.9. The van der Waals surface area contributed by atoms with E-state index in [1.807, 2.05) is 0 Å². The van der Waals surface area contributed by atoms with Crippen LogP contribution in [0.5, 0.6) is 5.75 Å². The van der Waals surface area contributed by atoms with Gasteiger partial charge in [0.2, 0.25) is 0 Å². The van der Waals surface area contributed by atoms with E-state index in [0.29, 0.717) is 0 Å². The number of aromatic nitrogens is 4. The quantitative estimate of drug-likeness (QED) is 0.433. The van der Waals surface area contributed by atoms with Gasteiger partial charge in [0.25, 0.3) is 0 Å². The molecule has 2 aromatic carbocycles. The van der Waals surface area contributed by atoms with Crippen molar-refractivity contribution in [2.45, 2.75) is 24.7 Å². The van der Waals surface area contributed by atoms with Gasteiger partial charge in [-0.05, 0) is 47.7 Å². The SMILES string of the molecule is C[C@@H](n1nnn(-c2ccc(OCC(F)(F)F)cc2)c1=O)[C@]1(c2ccc(F)cc2F)CO1. The normalized spacial score (nSPS) is 19.3. The third-order valence-electron chi connectivity index (χ3n) is 4.97. The van der Waals surface area contributed by atoms with Crippen molar-refractivity contribution in [1.82, 2.24) is 19.8 Å². The van der Waals surface area contributed by atoms with Crippen LogP contribution < -0.4 is 10.4 Å². The van der Waals surface area contributed by atoms with E-state index in [-0.39, 0.29) is 23.6 Å². The van der Waals surface area contributed by atoms with Crippen molar-refractivity contribution in [3.63, 3.8) is 0 Å². The minimum absolute atomic E-state index is 0.0352. The molecular formula is C19H15F5N4O3. The summed E-state index contributed by atoms with van der Waals surface area (Å²) < 4.78 is 76.3. The van der Waals surface area contributed by atoms with Crippen molar-refractivity contribution in [3.8, 4) is 11.4 Å². The molecule has 0 bridgehead atoms. The molecule has 0 radical (unpaired) electrons. The summed E-state index contributed by atoms with van der Waals surface area (Å²) in [5.74, 6) is -1.58. The molecule has 1 aliphatic heterocycles. The van der Waals surface area contributed by atoms with E-state index in [1.54, 1.807) is 6.92 Å². The number of tetrazole rings is 1. The van der Waals surface area contributed by atoms with Gasteiger partial charge >= 0.3 is 11.9 Å². The number of hydrogen-bond acceptors (Lipinski definition) is 5. The summed E-state index contributed by atoms with van der Waals surface area (Å²) in [6.45, 7) is 0.244.